The molecule has 0 saturated heterocycles. The molecule has 1 heterocycles. The van der Waals surface area contributed by atoms with E-state index in [1.165, 1.54) is 6.21 Å². The topological polar surface area (TPSA) is 82.0 Å². The predicted molar refractivity (Wildman–Crippen MR) is 139 cm³/mol. The number of hydrazone groups is 1. The highest BCUT2D eigenvalue weighted by Crippen LogP contribution is 2.38. The summed E-state index contributed by atoms with van der Waals surface area (Å²) in [7, 11) is 0. The van der Waals surface area contributed by atoms with Crippen molar-refractivity contribution in [3.63, 3.8) is 0 Å². The van der Waals surface area contributed by atoms with Crippen LogP contribution in [0.3, 0.4) is 0 Å². The Morgan fingerprint density at radius 1 is 1.00 bits per heavy atom. The van der Waals surface area contributed by atoms with Crippen LogP contribution in [0.15, 0.2) is 86.8 Å². The van der Waals surface area contributed by atoms with Gasteiger partial charge in [-0.3, -0.25) is 9.59 Å². The molecule has 168 valence electrons. The Morgan fingerprint density at radius 2 is 1.68 bits per heavy atom. The second-order valence-corrected chi connectivity index (χ2v) is 9.51. The standard InChI is InChI=1S/C26H17Br2N3O3/c27-20-11-16(12-21(28)24(20)32)13-29-30-25(33)18-9-7-15(8-10-18)14-31-22-6-2-4-17-3-1-5-19(23(17)22)26(31)34/h1-13,32H,14H2,(H,30,33)/b29-13-. The van der Waals surface area contributed by atoms with Crippen molar-refractivity contribution in [1.29, 1.82) is 0 Å². The van der Waals surface area contributed by atoms with E-state index in [0.717, 1.165) is 27.6 Å². The molecule has 2 N–H and O–H groups in total. The average Bonchev–Trinajstić information content (AvgIpc) is 3.11. The van der Waals surface area contributed by atoms with Gasteiger partial charge in [-0.05, 0) is 84.8 Å². The lowest BCUT2D eigenvalue weighted by molar-refractivity contribution is 0.0953. The molecule has 4 aromatic rings. The van der Waals surface area contributed by atoms with Gasteiger partial charge in [-0.1, -0.05) is 36.4 Å². The van der Waals surface area contributed by atoms with E-state index in [0.29, 0.717) is 26.6 Å². The van der Waals surface area contributed by atoms with Crippen LogP contribution in [0.4, 0.5) is 5.69 Å². The van der Waals surface area contributed by atoms with Crippen molar-refractivity contribution in [2.45, 2.75) is 6.54 Å². The smallest absolute Gasteiger partial charge is 0.271 e. The molecule has 0 saturated carbocycles. The number of hydrogen-bond acceptors (Lipinski definition) is 4. The minimum absolute atomic E-state index is 0.0181. The van der Waals surface area contributed by atoms with Crippen LogP contribution < -0.4 is 10.3 Å². The third-order valence-electron chi connectivity index (χ3n) is 5.62. The third kappa shape index (κ3) is 4.10. The molecule has 1 aliphatic heterocycles. The molecule has 0 atom stereocenters. The first-order valence-electron chi connectivity index (χ1n) is 10.4. The molecule has 0 radical (unpaired) electrons. The Kier molecular flexibility index (Phi) is 5.93. The molecule has 8 heteroatoms. The van der Waals surface area contributed by atoms with Crippen LogP contribution >= 0.6 is 31.9 Å². The molecular weight excluding hydrogens is 562 g/mol. The summed E-state index contributed by atoms with van der Waals surface area (Å²) in [6.07, 6.45) is 1.48. The average molecular weight is 579 g/mol. The number of rotatable bonds is 5. The third-order valence-corrected chi connectivity index (χ3v) is 6.83. The molecule has 2 amide bonds. The molecule has 0 bridgehead atoms. The van der Waals surface area contributed by atoms with E-state index >= 15 is 0 Å². The maximum atomic E-state index is 13.0. The number of amides is 2. The highest BCUT2D eigenvalue weighted by atomic mass is 79.9. The summed E-state index contributed by atoms with van der Waals surface area (Å²) in [5.74, 6) is -0.276. The fourth-order valence-corrected chi connectivity index (χ4v) is 5.19. The number of halogens is 2. The fraction of sp³-hybridized carbons (Fsp3) is 0.0385. The van der Waals surface area contributed by atoms with E-state index in [-0.39, 0.29) is 17.6 Å². The van der Waals surface area contributed by atoms with Crippen LogP contribution in [0.2, 0.25) is 0 Å². The van der Waals surface area contributed by atoms with Crippen LogP contribution in [0.1, 0.15) is 31.8 Å². The number of aromatic hydroxyl groups is 1. The Balaban J connectivity index is 1.27. The zero-order valence-corrected chi connectivity index (χ0v) is 20.8. The lowest BCUT2D eigenvalue weighted by Crippen LogP contribution is -2.26. The van der Waals surface area contributed by atoms with Crippen LogP contribution in [0.5, 0.6) is 5.75 Å². The van der Waals surface area contributed by atoms with Crippen molar-refractivity contribution in [3.8, 4) is 5.75 Å². The van der Waals surface area contributed by atoms with Crippen LogP contribution in [-0.4, -0.2) is 23.1 Å². The van der Waals surface area contributed by atoms with Crippen LogP contribution in [0, 0.1) is 0 Å². The molecule has 6 nitrogen and oxygen atoms in total. The van der Waals surface area contributed by atoms with Crippen molar-refractivity contribution in [2.75, 3.05) is 4.90 Å². The molecular formula is C26H17Br2N3O3. The van der Waals surface area contributed by atoms with Crippen molar-refractivity contribution >= 4 is 66.3 Å². The van der Waals surface area contributed by atoms with Gasteiger partial charge < -0.3 is 10.0 Å². The predicted octanol–water partition coefficient (Wildman–Crippen LogP) is 5.99. The molecule has 5 rings (SSSR count). The first kappa shape index (κ1) is 22.3. The number of anilines is 1. The zero-order valence-electron chi connectivity index (χ0n) is 17.6. The van der Waals surface area contributed by atoms with Crippen molar-refractivity contribution in [2.24, 2.45) is 5.10 Å². The summed E-state index contributed by atoms with van der Waals surface area (Å²) in [6, 6.07) is 22.2. The van der Waals surface area contributed by atoms with Gasteiger partial charge in [0.05, 0.1) is 27.4 Å². The monoisotopic (exact) mass is 577 g/mol. The van der Waals surface area contributed by atoms with E-state index in [2.05, 4.69) is 42.4 Å². The van der Waals surface area contributed by atoms with Gasteiger partial charge in [0.1, 0.15) is 5.75 Å². The zero-order chi connectivity index (χ0) is 23.8. The summed E-state index contributed by atoms with van der Waals surface area (Å²) in [5, 5.41) is 15.8. The maximum Gasteiger partial charge on any atom is 0.271 e. The summed E-state index contributed by atoms with van der Waals surface area (Å²) < 4.78 is 1.03. The van der Waals surface area contributed by atoms with Gasteiger partial charge in [0.2, 0.25) is 0 Å². The van der Waals surface area contributed by atoms with E-state index in [1.54, 1.807) is 29.2 Å². The van der Waals surface area contributed by atoms with Gasteiger partial charge >= 0.3 is 0 Å². The Labute approximate surface area is 212 Å². The largest absolute Gasteiger partial charge is 0.506 e. The fourth-order valence-electron chi connectivity index (χ4n) is 3.97. The number of benzene rings is 4. The number of phenolic OH excluding ortho intramolecular Hbond substituents is 1. The Hall–Kier alpha value is -3.49. The summed E-state index contributed by atoms with van der Waals surface area (Å²) in [5.41, 5.74) is 6.18. The normalized spacial score (nSPS) is 12.6. The Morgan fingerprint density at radius 3 is 2.38 bits per heavy atom. The van der Waals surface area contributed by atoms with Gasteiger partial charge in [-0.15, -0.1) is 0 Å². The minimum Gasteiger partial charge on any atom is -0.506 e. The molecule has 0 fully saturated rings. The highest BCUT2D eigenvalue weighted by molar-refractivity contribution is 9.11. The number of nitrogens with one attached hydrogen (secondary N) is 1. The number of hydrogen-bond donors (Lipinski definition) is 2. The van der Waals surface area contributed by atoms with Gasteiger partial charge in [0, 0.05) is 16.5 Å². The quantitative estimate of drug-likeness (QED) is 0.225. The highest BCUT2D eigenvalue weighted by Gasteiger charge is 2.29. The van der Waals surface area contributed by atoms with Gasteiger partial charge in [-0.2, -0.15) is 5.10 Å². The van der Waals surface area contributed by atoms with Gasteiger partial charge in [0.25, 0.3) is 11.8 Å². The second kappa shape index (κ2) is 9.04. The first-order valence-corrected chi connectivity index (χ1v) is 11.9. The lowest BCUT2D eigenvalue weighted by Gasteiger charge is -2.18. The number of nitrogens with zero attached hydrogens (tertiary/aromatic N) is 2. The lowest BCUT2D eigenvalue weighted by atomic mass is 10.1. The molecule has 0 aromatic heterocycles. The first-order chi connectivity index (χ1) is 16.4. The molecule has 34 heavy (non-hydrogen) atoms. The summed E-state index contributed by atoms with van der Waals surface area (Å²) in [6.45, 7) is 0.414. The summed E-state index contributed by atoms with van der Waals surface area (Å²) in [4.78, 5) is 27.2. The minimum atomic E-state index is -0.353. The molecule has 0 spiro atoms. The van der Waals surface area contributed by atoms with E-state index in [4.69, 9.17) is 0 Å². The van der Waals surface area contributed by atoms with Crippen LogP contribution in [0.25, 0.3) is 10.8 Å². The van der Waals surface area contributed by atoms with Crippen molar-refractivity contribution < 1.29 is 14.7 Å². The van der Waals surface area contributed by atoms with Gasteiger partial charge in [-0.25, -0.2) is 5.43 Å². The van der Waals surface area contributed by atoms with Crippen molar-refractivity contribution in [3.05, 3.63) is 104 Å². The van der Waals surface area contributed by atoms with Crippen LogP contribution in [-0.2, 0) is 6.54 Å². The van der Waals surface area contributed by atoms with Crippen molar-refractivity contribution in [1.82, 2.24) is 5.43 Å². The summed E-state index contributed by atoms with van der Waals surface area (Å²) >= 11 is 6.52. The Bertz CT molecular complexity index is 1450. The number of carbonyl (C=O) groups excluding carboxylic acids is 2. The molecule has 0 unspecified atom stereocenters. The van der Waals surface area contributed by atoms with E-state index in [9.17, 15) is 14.7 Å². The van der Waals surface area contributed by atoms with E-state index in [1.807, 2.05) is 48.5 Å². The maximum absolute atomic E-state index is 13.0. The van der Waals surface area contributed by atoms with Gasteiger partial charge in [0.15, 0.2) is 0 Å². The number of carbonyl (C=O) groups is 2. The molecule has 1 aliphatic rings. The molecule has 4 aromatic carbocycles. The van der Waals surface area contributed by atoms with E-state index < -0.39 is 0 Å². The second-order valence-electron chi connectivity index (χ2n) is 7.80. The SMILES string of the molecule is O=C(N/N=C\c1cc(Br)c(O)c(Br)c1)c1ccc(CN2C(=O)c3cccc4cccc2c34)cc1. The number of phenols is 1. The molecule has 0 aliphatic carbocycles.